The van der Waals surface area contributed by atoms with Crippen LogP contribution in [0.1, 0.15) is 21.5 Å². The summed E-state index contributed by atoms with van der Waals surface area (Å²) in [5, 5.41) is 21.0. The maximum absolute atomic E-state index is 12.4. The molecule has 7 heteroatoms. The molecule has 0 radical (unpaired) electrons. The van der Waals surface area contributed by atoms with Gasteiger partial charge in [0.2, 0.25) is 0 Å². The summed E-state index contributed by atoms with van der Waals surface area (Å²) in [6, 6.07) is 14.0. The highest BCUT2D eigenvalue weighted by Gasteiger charge is 2.19. The molecule has 0 atom stereocenters. The van der Waals surface area contributed by atoms with E-state index in [1.807, 2.05) is 11.0 Å². The summed E-state index contributed by atoms with van der Waals surface area (Å²) in [5.41, 5.74) is 4.33. The summed E-state index contributed by atoms with van der Waals surface area (Å²) >= 11 is 0. The number of carboxylic acids is 1. The van der Waals surface area contributed by atoms with Crippen LogP contribution in [0.2, 0.25) is 0 Å². The molecule has 2 N–H and O–H groups in total. The molecule has 2 aromatic rings. The Morgan fingerprint density at radius 1 is 1.07 bits per heavy atom. The second-order valence-corrected chi connectivity index (χ2v) is 7.23. The van der Waals surface area contributed by atoms with Gasteiger partial charge in [-0.15, -0.1) is 0 Å². The Balaban J connectivity index is 1.62. The normalized spacial score (nSPS) is 14.2. The van der Waals surface area contributed by atoms with Gasteiger partial charge in [-0.1, -0.05) is 12.1 Å². The molecule has 1 saturated heterocycles. The average Bonchev–Trinajstić information content (AvgIpc) is 2.75. The Bertz CT molecular complexity index is 1010. The van der Waals surface area contributed by atoms with Crippen LogP contribution in [-0.2, 0) is 4.79 Å². The van der Waals surface area contributed by atoms with Crippen LogP contribution in [0.5, 0.6) is 0 Å². The first-order valence-corrected chi connectivity index (χ1v) is 9.71. The third kappa shape index (κ3) is 4.78. The third-order valence-electron chi connectivity index (χ3n) is 5.30. The number of nitrogens with zero attached hydrogens (tertiary/aromatic N) is 3. The van der Waals surface area contributed by atoms with Crippen molar-refractivity contribution in [2.45, 2.75) is 13.8 Å². The first kappa shape index (κ1) is 20.9. The average molecular weight is 404 g/mol. The van der Waals surface area contributed by atoms with Gasteiger partial charge >= 0.3 is 5.97 Å². The Hall–Kier alpha value is -3.79. The molecule has 0 aliphatic carbocycles. The maximum Gasteiger partial charge on any atom is 0.335 e. The first-order valence-electron chi connectivity index (χ1n) is 9.71. The maximum atomic E-state index is 12.4. The number of nitriles is 1. The minimum absolute atomic E-state index is 0.0116. The Kier molecular flexibility index (Phi) is 6.38. The van der Waals surface area contributed by atoms with Crippen LogP contribution < -0.4 is 10.2 Å². The van der Waals surface area contributed by atoms with Crippen molar-refractivity contribution < 1.29 is 14.7 Å². The number of piperazine rings is 1. The van der Waals surface area contributed by atoms with E-state index in [-0.39, 0.29) is 11.1 Å². The number of rotatable bonds is 5. The van der Waals surface area contributed by atoms with Crippen LogP contribution in [-0.4, -0.2) is 48.1 Å². The molecule has 2 aromatic carbocycles. The standard InChI is InChI=1S/C23H24N4O3/c1-16-4-3-5-21(17(16)2)27-12-10-26(11-13-27)15-19(14-24)22(28)25-20-8-6-18(7-9-20)23(29)30/h3-9,15H,10-13H2,1-2H3,(H,25,28)(H,29,30)/b19-15-. The fraction of sp³-hybridized carbons (Fsp3) is 0.261. The zero-order valence-electron chi connectivity index (χ0n) is 17.1. The second kappa shape index (κ2) is 9.14. The molecule has 1 aliphatic heterocycles. The molecule has 1 fully saturated rings. The number of benzene rings is 2. The van der Waals surface area contributed by atoms with Gasteiger partial charge in [-0.2, -0.15) is 5.26 Å². The van der Waals surface area contributed by atoms with Gasteiger partial charge in [0.25, 0.3) is 5.91 Å². The topological polar surface area (TPSA) is 96.7 Å². The van der Waals surface area contributed by atoms with Gasteiger partial charge in [0, 0.05) is 43.8 Å². The zero-order valence-corrected chi connectivity index (χ0v) is 17.1. The molecule has 1 aliphatic rings. The van der Waals surface area contributed by atoms with E-state index < -0.39 is 11.9 Å². The van der Waals surface area contributed by atoms with E-state index in [0.29, 0.717) is 18.8 Å². The van der Waals surface area contributed by atoms with Crippen molar-refractivity contribution in [3.63, 3.8) is 0 Å². The van der Waals surface area contributed by atoms with Gasteiger partial charge in [0.1, 0.15) is 11.6 Å². The van der Waals surface area contributed by atoms with E-state index in [2.05, 4.69) is 42.3 Å². The number of nitrogens with one attached hydrogen (secondary N) is 1. The lowest BCUT2D eigenvalue weighted by Gasteiger charge is -2.36. The lowest BCUT2D eigenvalue weighted by molar-refractivity contribution is -0.112. The number of amides is 1. The molecular weight excluding hydrogens is 380 g/mol. The smallest absolute Gasteiger partial charge is 0.335 e. The molecular formula is C23H24N4O3. The fourth-order valence-electron chi connectivity index (χ4n) is 3.39. The number of carboxylic acid groups (broad SMARTS) is 1. The van der Waals surface area contributed by atoms with E-state index in [1.54, 1.807) is 6.20 Å². The van der Waals surface area contributed by atoms with Crippen LogP contribution in [0, 0.1) is 25.2 Å². The van der Waals surface area contributed by atoms with Crippen molar-refractivity contribution in [1.29, 1.82) is 5.26 Å². The lowest BCUT2D eigenvalue weighted by Crippen LogP contribution is -2.44. The summed E-state index contributed by atoms with van der Waals surface area (Å²) in [6.07, 6.45) is 1.60. The second-order valence-electron chi connectivity index (χ2n) is 7.23. The Morgan fingerprint density at radius 3 is 2.33 bits per heavy atom. The van der Waals surface area contributed by atoms with Crippen molar-refractivity contribution >= 4 is 23.3 Å². The third-order valence-corrected chi connectivity index (χ3v) is 5.30. The molecule has 0 spiro atoms. The highest BCUT2D eigenvalue weighted by Crippen LogP contribution is 2.24. The number of hydrogen-bond donors (Lipinski definition) is 2. The molecule has 3 rings (SSSR count). The van der Waals surface area contributed by atoms with Crippen molar-refractivity contribution in [1.82, 2.24) is 4.90 Å². The van der Waals surface area contributed by atoms with Crippen molar-refractivity contribution in [2.24, 2.45) is 0 Å². The highest BCUT2D eigenvalue weighted by atomic mass is 16.4. The van der Waals surface area contributed by atoms with Crippen molar-refractivity contribution in [2.75, 3.05) is 36.4 Å². The van der Waals surface area contributed by atoms with Gasteiger partial charge < -0.3 is 20.2 Å². The number of anilines is 2. The number of aryl methyl sites for hydroxylation is 1. The minimum Gasteiger partial charge on any atom is -0.478 e. The summed E-state index contributed by atoms with van der Waals surface area (Å²) < 4.78 is 0. The van der Waals surface area contributed by atoms with Gasteiger partial charge in [-0.25, -0.2) is 4.79 Å². The van der Waals surface area contributed by atoms with Gasteiger partial charge in [-0.05, 0) is 55.3 Å². The number of hydrogen-bond acceptors (Lipinski definition) is 5. The van der Waals surface area contributed by atoms with Crippen LogP contribution in [0.3, 0.4) is 0 Å². The molecule has 0 unspecified atom stereocenters. The van der Waals surface area contributed by atoms with Crippen LogP contribution in [0.25, 0.3) is 0 Å². The largest absolute Gasteiger partial charge is 0.478 e. The SMILES string of the molecule is Cc1cccc(N2CCN(/C=C(/C#N)C(=O)Nc3ccc(C(=O)O)cc3)CC2)c1C. The van der Waals surface area contributed by atoms with Crippen molar-refractivity contribution in [3.05, 3.63) is 70.9 Å². The van der Waals surface area contributed by atoms with Crippen molar-refractivity contribution in [3.8, 4) is 6.07 Å². The molecule has 30 heavy (non-hydrogen) atoms. The van der Waals surface area contributed by atoms with E-state index in [4.69, 9.17) is 5.11 Å². The van der Waals surface area contributed by atoms with E-state index in [0.717, 1.165) is 13.1 Å². The molecule has 7 nitrogen and oxygen atoms in total. The first-order chi connectivity index (χ1) is 14.4. The monoisotopic (exact) mass is 404 g/mol. The zero-order chi connectivity index (χ0) is 21.7. The van der Waals surface area contributed by atoms with E-state index >= 15 is 0 Å². The number of aromatic carboxylic acids is 1. The molecule has 1 amide bonds. The van der Waals surface area contributed by atoms with Crippen LogP contribution in [0.4, 0.5) is 11.4 Å². The summed E-state index contributed by atoms with van der Waals surface area (Å²) in [5.74, 6) is -1.55. The summed E-state index contributed by atoms with van der Waals surface area (Å²) in [7, 11) is 0. The van der Waals surface area contributed by atoms with Gasteiger partial charge in [0.15, 0.2) is 0 Å². The number of carbonyl (C=O) groups excluding carboxylic acids is 1. The van der Waals surface area contributed by atoms with Gasteiger partial charge in [0.05, 0.1) is 5.56 Å². The molecule has 0 aromatic heterocycles. The predicted molar refractivity (Wildman–Crippen MR) is 115 cm³/mol. The fourth-order valence-corrected chi connectivity index (χ4v) is 3.39. The highest BCUT2D eigenvalue weighted by molar-refractivity contribution is 6.06. The molecule has 1 heterocycles. The van der Waals surface area contributed by atoms with Crippen LogP contribution >= 0.6 is 0 Å². The van der Waals surface area contributed by atoms with Gasteiger partial charge in [-0.3, -0.25) is 4.79 Å². The Labute approximate surface area is 175 Å². The predicted octanol–water partition coefficient (Wildman–Crippen LogP) is 3.17. The quantitative estimate of drug-likeness (QED) is 0.587. The summed E-state index contributed by atoms with van der Waals surface area (Å²) in [4.78, 5) is 27.7. The van der Waals surface area contributed by atoms with Crippen LogP contribution in [0.15, 0.2) is 54.2 Å². The number of carbonyl (C=O) groups is 2. The molecule has 0 saturated carbocycles. The van der Waals surface area contributed by atoms with E-state index in [1.165, 1.54) is 41.1 Å². The molecule has 0 bridgehead atoms. The Morgan fingerprint density at radius 2 is 1.73 bits per heavy atom. The lowest BCUT2D eigenvalue weighted by atomic mass is 10.1. The molecule has 154 valence electrons. The van der Waals surface area contributed by atoms with E-state index in [9.17, 15) is 14.9 Å². The summed E-state index contributed by atoms with van der Waals surface area (Å²) in [6.45, 7) is 7.25. The minimum atomic E-state index is -1.04.